The van der Waals surface area contributed by atoms with Gasteiger partial charge in [-0.1, -0.05) is 12.1 Å². The summed E-state index contributed by atoms with van der Waals surface area (Å²) in [5, 5.41) is 0. The topological polar surface area (TPSA) is 33.5 Å². The van der Waals surface area contributed by atoms with Crippen LogP contribution in [-0.4, -0.2) is 24.8 Å². The zero-order chi connectivity index (χ0) is 12.5. The van der Waals surface area contributed by atoms with Crippen molar-refractivity contribution in [3.63, 3.8) is 0 Å². The first-order valence-corrected chi connectivity index (χ1v) is 6.12. The molecule has 0 unspecified atom stereocenters. The Kier molecular flexibility index (Phi) is 2.76. The molecule has 2 aromatic rings. The molecule has 0 saturated heterocycles. The molecule has 0 fully saturated rings. The third kappa shape index (κ3) is 1.97. The van der Waals surface area contributed by atoms with Crippen molar-refractivity contribution in [1.29, 1.82) is 0 Å². The van der Waals surface area contributed by atoms with Crippen LogP contribution in [0.2, 0.25) is 0 Å². The van der Waals surface area contributed by atoms with Gasteiger partial charge in [-0.05, 0) is 42.8 Å². The molecule has 3 heteroatoms. The molecule has 3 rings (SSSR count). The van der Waals surface area contributed by atoms with Gasteiger partial charge in [-0.25, -0.2) is 0 Å². The number of rotatable bonds is 2. The number of furan rings is 1. The van der Waals surface area contributed by atoms with Gasteiger partial charge in [0.2, 0.25) is 0 Å². The molecule has 1 aliphatic heterocycles. The molecule has 0 N–H and O–H groups in total. The predicted octanol–water partition coefficient (Wildman–Crippen LogP) is 2.75. The quantitative estimate of drug-likeness (QED) is 0.758. The van der Waals surface area contributed by atoms with Gasteiger partial charge < -0.3 is 9.32 Å². The van der Waals surface area contributed by atoms with Crippen molar-refractivity contribution in [3.8, 4) is 11.3 Å². The van der Waals surface area contributed by atoms with Crippen LogP contribution in [0.3, 0.4) is 0 Å². The summed E-state index contributed by atoms with van der Waals surface area (Å²) in [6, 6.07) is 9.95. The van der Waals surface area contributed by atoms with E-state index in [1.807, 2.05) is 6.07 Å². The summed E-state index contributed by atoms with van der Waals surface area (Å²) in [6.45, 7) is 2.09. The van der Waals surface area contributed by atoms with Crippen LogP contribution in [0, 0.1) is 0 Å². The third-order valence-corrected chi connectivity index (χ3v) is 3.44. The fourth-order valence-electron chi connectivity index (χ4n) is 2.42. The molecule has 1 aromatic heterocycles. The van der Waals surface area contributed by atoms with Crippen LogP contribution in [0.5, 0.6) is 0 Å². The maximum absolute atomic E-state index is 10.6. The van der Waals surface area contributed by atoms with Crippen LogP contribution in [0.4, 0.5) is 0 Å². The van der Waals surface area contributed by atoms with Crippen LogP contribution in [0.15, 0.2) is 34.7 Å². The van der Waals surface area contributed by atoms with E-state index in [0.717, 1.165) is 37.1 Å². The van der Waals surface area contributed by atoms with Gasteiger partial charge in [-0.15, -0.1) is 0 Å². The van der Waals surface area contributed by atoms with E-state index in [0.29, 0.717) is 5.76 Å². The Balaban J connectivity index is 1.98. The number of carbonyl (C=O) groups is 1. The van der Waals surface area contributed by atoms with Crippen LogP contribution < -0.4 is 0 Å². The van der Waals surface area contributed by atoms with Crippen LogP contribution >= 0.6 is 0 Å². The van der Waals surface area contributed by atoms with Gasteiger partial charge in [-0.3, -0.25) is 4.79 Å². The van der Waals surface area contributed by atoms with Gasteiger partial charge >= 0.3 is 0 Å². The Bertz CT molecular complexity index is 586. The molecule has 0 saturated carbocycles. The highest BCUT2D eigenvalue weighted by atomic mass is 16.3. The van der Waals surface area contributed by atoms with E-state index in [-0.39, 0.29) is 0 Å². The molecule has 1 aromatic carbocycles. The maximum atomic E-state index is 10.6. The molecule has 0 bridgehead atoms. The van der Waals surface area contributed by atoms with Crippen molar-refractivity contribution in [1.82, 2.24) is 4.90 Å². The second-order valence-corrected chi connectivity index (χ2v) is 4.79. The third-order valence-electron chi connectivity index (χ3n) is 3.44. The molecule has 0 spiro atoms. The lowest BCUT2D eigenvalue weighted by Crippen LogP contribution is -2.26. The summed E-state index contributed by atoms with van der Waals surface area (Å²) >= 11 is 0. The summed E-state index contributed by atoms with van der Waals surface area (Å²) in [5.74, 6) is 1.13. The highest BCUT2D eigenvalue weighted by Crippen LogP contribution is 2.27. The van der Waals surface area contributed by atoms with E-state index < -0.39 is 0 Å². The number of hydrogen-bond acceptors (Lipinski definition) is 3. The van der Waals surface area contributed by atoms with E-state index in [1.54, 1.807) is 6.07 Å². The van der Waals surface area contributed by atoms with Crippen molar-refractivity contribution in [2.45, 2.75) is 13.0 Å². The summed E-state index contributed by atoms with van der Waals surface area (Å²) in [4.78, 5) is 12.9. The number of aldehydes is 1. The van der Waals surface area contributed by atoms with Gasteiger partial charge in [-0.2, -0.15) is 0 Å². The number of likely N-dealkylation sites (N-methyl/N-ethyl adjacent to an activating group) is 1. The van der Waals surface area contributed by atoms with Gasteiger partial charge in [0.1, 0.15) is 5.76 Å². The second kappa shape index (κ2) is 4.42. The Morgan fingerprint density at radius 2 is 2.11 bits per heavy atom. The van der Waals surface area contributed by atoms with Crippen molar-refractivity contribution >= 4 is 6.29 Å². The average molecular weight is 241 g/mol. The molecular formula is C15H15NO2. The summed E-state index contributed by atoms with van der Waals surface area (Å²) < 4.78 is 5.46. The minimum atomic E-state index is 0.375. The Morgan fingerprint density at radius 1 is 1.22 bits per heavy atom. The van der Waals surface area contributed by atoms with Crippen LogP contribution in [0.25, 0.3) is 11.3 Å². The summed E-state index contributed by atoms with van der Waals surface area (Å²) in [6.07, 6.45) is 1.83. The summed E-state index contributed by atoms with van der Waals surface area (Å²) in [7, 11) is 2.13. The molecule has 92 valence electrons. The van der Waals surface area contributed by atoms with E-state index in [4.69, 9.17) is 4.42 Å². The fraction of sp³-hybridized carbons (Fsp3) is 0.267. The zero-order valence-corrected chi connectivity index (χ0v) is 10.3. The van der Waals surface area contributed by atoms with Crippen molar-refractivity contribution in [2.24, 2.45) is 0 Å². The Labute approximate surface area is 106 Å². The van der Waals surface area contributed by atoms with E-state index in [2.05, 4.69) is 30.1 Å². The highest BCUT2D eigenvalue weighted by molar-refractivity contribution is 5.73. The van der Waals surface area contributed by atoms with Gasteiger partial charge in [0.05, 0.1) is 0 Å². The first-order chi connectivity index (χ1) is 8.76. The van der Waals surface area contributed by atoms with E-state index in [1.165, 1.54) is 11.1 Å². The number of fused-ring (bicyclic) bond motifs is 1. The molecule has 0 radical (unpaired) electrons. The summed E-state index contributed by atoms with van der Waals surface area (Å²) in [5.41, 5.74) is 3.81. The van der Waals surface area contributed by atoms with E-state index in [9.17, 15) is 4.79 Å². The fourth-order valence-corrected chi connectivity index (χ4v) is 2.42. The molecule has 1 aliphatic rings. The molecule has 18 heavy (non-hydrogen) atoms. The highest BCUT2D eigenvalue weighted by Gasteiger charge is 2.14. The lowest BCUT2D eigenvalue weighted by Gasteiger charge is -2.25. The minimum Gasteiger partial charge on any atom is -0.453 e. The lowest BCUT2D eigenvalue weighted by molar-refractivity contribution is 0.110. The molecule has 3 nitrogen and oxygen atoms in total. The van der Waals surface area contributed by atoms with Gasteiger partial charge in [0.25, 0.3) is 0 Å². The smallest absolute Gasteiger partial charge is 0.185 e. The monoisotopic (exact) mass is 241 g/mol. The van der Waals surface area contributed by atoms with Crippen molar-refractivity contribution < 1.29 is 9.21 Å². The predicted molar refractivity (Wildman–Crippen MR) is 69.6 cm³/mol. The molecule has 0 aliphatic carbocycles. The Hall–Kier alpha value is -1.87. The van der Waals surface area contributed by atoms with E-state index >= 15 is 0 Å². The van der Waals surface area contributed by atoms with Gasteiger partial charge in [0, 0.05) is 18.7 Å². The SMILES string of the molecule is CN1CCc2ccc(-c3ccc(C=O)o3)cc2C1. The Morgan fingerprint density at radius 3 is 2.89 bits per heavy atom. The normalized spacial score (nSPS) is 15.4. The van der Waals surface area contributed by atoms with Crippen molar-refractivity contribution in [3.05, 3.63) is 47.2 Å². The molecule has 0 amide bonds. The number of benzene rings is 1. The van der Waals surface area contributed by atoms with Crippen LogP contribution in [0.1, 0.15) is 21.7 Å². The van der Waals surface area contributed by atoms with Crippen LogP contribution in [-0.2, 0) is 13.0 Å². The maximum Gasteiger partial charge on any atom is 0.185 e. The number of hydrogen-bond donors (Lipinski definition) is 0. The standard InChI is InChI=1S/C15H15NO2/c1-16-7-6-11-2-3-12(8-13(11)9-16)15-5-4-14(10-17)18-15/h2-5,8,10H,6-7,9H2,1H3. The van der Waals surface area contributed by atoms with Gasteiger partial charge in [0.15, 0.2) is 12.0 Å². The largest absolute Gasteiger partial charge is 0.453 e. The van der Waals surface area contributed by atoms with Crippen molar-refractivity contribution in [2.75, 3.05) is 13.6 Å². The number of nitrogens with zero attached hydrogens (tertiary/aromatic N) is 1. The first kappa shape index (κ1) is 11.2. The second-order valence-electron chi connectivity index (χ2n) is 4.79. The first-order valence-electron chi connectivity index (χ1n) is 6.12. The molecule has 2 heterocycles. The number of carbonyl (C=O) groups excluding carboxylic acids is 1. The average Bonchev–Trinajstić information content (AvgIpc) is 2.86. The molecule has 0 atom stereocenters. The lowest BCUT2D eigenvalue weighted by atomic mass is 9.97. The minimum absolute atomic E-state index is 0.375. The molecular weight excluding hydrogens is 226 g/mol. The zero-order valence-electron chi connectivity index (χ0n) is 10.3.